The Bertz CT molecular complexity index is 1450. The van der Waals surface area contributed by atoms with Gasteiger partial charge in [0.15, 0.2) is 11.6 Å². The number of fused-ring (bicyclic) bond motifs is 4. The van der Waals surface area contributed by atoms with Crippen molar-refractivity contribution in [2.75, 3.05) is 55.0 Å². The third kappa shape index (κ3) is 4.42. The summed E-state index contributed by atoms with van der Waals surface area (Å²) in [5.41, 5.74) is 1.12. The van der Waals surface area contributed by atoms with Crippen molar-refractivity contribution in [3.63, 3.8) is 0 Å². The molecular formula is C27H30ClFN8O2. The van der Waals surface area contributed by atoms with Crippen LogP contribution in [0.1, 0.15) is 25.7 Å². The van der Waals surface area contributed by atoms with Crippen molar-refractivity contribution in [3.05, 3.63) is 35.2 Å². The topological polar surface area (TPSA) is 98.8 Å². The number of carbonyl (C=O) groups is 1. The van der Waals surface area contributed by atoms with E-state index in [-0.39, 0.29) is 35.8 Å². The summed E-state index contributed by atoms with van der Waals surface area (Å²) in [5.74, 6) is -0.313. The minimum Gasteiger partial charge on any atom is -0.462 e. The summed E-state index contributed by atoms with van der Waals surface area (Å²) in [6.07, 6.45) is 5.97. The van der Waals surface area contributed by atoms with Gasteiger partial charge in [-0.2, -0.15) is 9.97 Å². The lowest BCUT2D eigenvalue weighted by Crippen LogP contribution is -2.51. The van der Waals surface area contributed by atoms with Gasteiger partial charge in [-0.15, -0.1) is 0 Å². The number of anilines is 4. The molecule has 3 aromatic rings. The molecule has 2 aromatic heterocycles. The number of halogens is 2. The Labute approximate surface area is 230 Å². The fourth-order valence-electron chi connectivity index (χ4n) is 6.32. The van der Waals surface area contributed by atoms with Gasteiger partial charge in [0, 0.05) is 37.4 Å². The van der Waals surface area contributed by atoms with Crippen LogP contribution in [0.3, 0.4) is 0 Å². The lowest BCUT2D eigenvalue weighted by atomic mass is 10.1. The van der Waals surface area contributed by atoms with Crippen LogP contribution in [0.4, 0.5) is 27.4 Å². The highest BCUT2D eigenvalue weighted by atomic mass is 35.5. The van der Waals surface area contributed by atoms with Crippen molar-refractivity contribution >= 4 is 51.4 Å². The molecule has 3 fully saturated rings. The molecule has 10 nitrogen and oxygen atoms in total. The lowest BCUT2D eigenvalue weighted by molar-refractivity contribution is -0.115. The molecular weight excluding hydrogens is 523 g/mol. The van der Waals surface area contributed by atoms with Crippen LogP contribution in [0.2, 0.25) is 5.02 Å². The predicted octanol–water partition coefficient (Wildman–Crippen LogP) is 3.32. The van der Waals surface area contributed by atoms with Crippen molar-refractivity contribution in [2.24, 2.45) is 0 Å². The Hall–Kier alpha value is -3.28. The molecule has 12 heteroatoms. The third-order valence-electron chi connectivity index (χ3n) is 8.31. The molecule has 2 N–H and O–H groups in total. The molecule has 3 unspecified atom stereocenters. The van der Waals surface area contributed by atoms with E-state index in [1.807, 2.05) is 0 Å². The van der Waals surface area contributed by atoms with Crippen molar-refractivity contribution in [1.29, 1.82) is 0 Å². The first-order valence-corrected chi connectivity index (χ1v) is 13.9. The normalized spacial score (nSPS) is 24.8. The van der Waals surface area contributed by atoms with Crippen molar-refractivity contribution in [1.82, 2.24) is 25.2 Å². The van der Waals surface area contributed by atoms with Gasteiger partial charge >= 0.3 is 6.01 Å². The SMILES string of the molecule is CN1CCCC1COc1nc(N2CC3CCC(C2)N3)c2cnc(N3CC(=O)Nc4cccc(Cl)c43)c(F)c2n1. The van der Waals surface area contributed by atoms with E-state index in [1.165, 1.54) is 4.90 Å². The van der Waals surface area contributed by atoms with Gasteiger partial charge in [-0.05, 0) is 51.4 Å². The van der Waals surface area contributed by atoms with Gasteiger partial charge in [-0.3, -0.25) is 4.79 Å². The highest BCUT2D eigenvalue weighted by Crippen LogP contribution is 2.42. The van der Waals surface area contributed by atoms with Crippen LogP contribution in [-0.2, 0) is 4.79 Å². The van der Waals surface area contributed by atoms with E-state index < -0.39 is 5.82 Å². The highest BCUT2D eigenvalue weighted by Gasteiger charge is 2.35. The van der Waals surface area contributed by atoms with E-state index in [1.54, 1.807) is 24.4 Å². The van der Waals surface area contributed by atoms with Crippen LogP contribution in [0, 0.1) is 5.82 Å². The summed E-state index contributed by atoms with van der Waals surface area (Å²) >= 11 is 6.50. The Morgan fingerprint density at radius 2 is 1.97 bits per heavy atom. The zero-order valence-electron chi connectivity index (χ0n) is 21.7. The minimum absolute atomic E-state index is 0.0155. The number of hydrogen-bond acceptors (Lipinski definition) is 9. The maximum atomic E-state index is 16.4. The van der Waals surface area contributed by atoms with Gasteiger partial charge < -0.3 is 30.1 Å². The molecule has 204 valence electrons. The van der Waals surface area contributed by atoms with E-state index in [4.69, 9.17) is 21.3 Å². The Morgan fingerprint density at radius 3 is 2.74 bits per heavy atom. The summed E-state index contributed by atoms with van der Waals surface area (Å²) < 4.78 is 22.5. The maximum absolute atomic E-state index is 16.4. The van der Waals surface area contributed by atoms with E-state index in [0.717, 1.165) is 45.3 Å². The standard InChI is InChI=1S/C27H30ClFN8O2/c1-35-9-3-4-17(35)14-39-27-33-23-18(25(34-27)36-11-15-7-8-16(12-36)31-15)10-30-26(22(23)29)37-13-21(38)32-20-6-2-5-19(28)24(20)37/h2,5-6,10,15-17,31H,3-4,7-9,11-14H2,1H3,(H,32,38). The van der Waals surface area contributed by atoms with Crippen molar-refractivity contribution in [3.8, 4) is 6.01 Å². The van der Waals surface area contributed by atoms with Gasteiger partial charge in [-0.1, -0.05) is 17.7 Å². The molecule has 3 atom stereocenters. The number of likely N-dealkylation sites (N-methyl/N-ethyl adjacent to an activating group) is 1. The quantitative estimate of drug-likeness (QED) is 0.494. The van der Waals surface area contributed by atoms with Gasteiger partial charge in [0.2, 0.25) is 5.91 Å². The second kappa shape index (κ2) is 9.72. The minimum atomic E-state index is -0.641. The predicted molar refractivity (Wildman–Crippen MR) is 148 cm³/mol. The number of para-hydroxylation sites is 1. The summed E-state index contributed by atoms with van der Waals surface area (Å²) in [5, 5.41) is 7.34. The van der Waals surface area contributed by atoms with Crippen LogP contribution < -0.4 is 25.2 Å². The molecule has 0 saturated carbocycles. The van der Waals surface area contributed by atoms with Gasteiger partial charge in [0.1, 0.15) is 24.5 Å². The molecule has 7 rings (SSSR count). The summed E-state index contributed by atoms with van der Waals surface area (Å²) in [6, 6.07) is 6.33. The van der Waals surface area contributed by atoms with E-state index >= 15 is 4.39 Å². The Balaban J connectivity index is 1.32. The van der Waals surface area contributed by atoms with Crippen molar-refractivity contribution in [2.45, 2.75) is 43.8 Å². The largest absolute Gasteiger partial charge is 0.462 e. The fraction of sp³-hybridized carbons (Fsp3) is 0.481. The smallest absolute Gasteiger partial charge is 0.319 e. The molecule has 4 aliphatic rings. The Morgan fingerprint density at radius 1 is 1.15 bits per heavy atom. The van der Waals surface area contributed by atoms with Gasteiger partial charge in [0.05, 0.1) is 21.8 Å². The number of ether oxygens (including phenoxy) is 1. The number of hydrogen-bond donors (Lipinski definition) is 2. The van der Waals surface area contributed by atoms with E-state index in [9.17, 15) is 4.79 Å². The average Bonchev–Trinajstić information content (AvgIpc) is 3.50. The van der Waals surface area contributed by atoms with E-state index in [0.29, 0.717) is 46.3 Å². The molecule has 0 spiro atoms. The number of likely N-dealkylation sites (tertiary alicyclic amines) is 1. The number of benzene rings is 1. The first-order valence-electron chi connectivity index (χ1n) is 13.5. The van der Waals surface area contributed by atoms with E-state index in [2.05, 4.69) is 37.4 Å². The van der Waals surface area contributed by atoms with Gasteiger partial charge in [-0.25, -0.2) is 9.37 Å². The summed E-state index contributed by atoms with van der Waals surface area (Å²) in [6.45, 7) is 2.88. The molecule has 1 aromatic carbocycles. The second-order valence-corrected chi connectivity index (χ2v) is 11.3. The molecule has 0 aliphatic carbocycles. The van der Waals surface area contributed by atoms with Crippen LogP contribution in [0.25, 0.3) is 10.9 Å². The summed E-state index contributed by atoms with van der Waals surface area (Å²) in [4.78, 5) is 32.3. The molecule has 6 heterocycles. The number of nitrogens with one attached hydrogen (secondary N) is 2. The van der Waals surface area contributed by atoms with Crippen LogP contribution in [0.5, 0.6) is 6.01 Å². The molecule has 1 amide bonds. The lowest BCUT2D eigenvalue weighted by Gasteiger charge is -2.34. The number of pyridine rings is 1. The van der Waals surface area contributed by atoms with Crippen LogP contribution >= 0.6 is 11.6 Å². The number of nitrogens with zero attached hydrogens (tertiary/aromatic N) is 6. The zero-order valence-corrected chi connectivity index (χ0v) is 22.4. The Kier molecular flexibility index (Phi) is 6.17. The monoisotopic (exact) mass is 552 g/mol. The van der Waals surface area contributed by atoms with Crippen LogP contribution in [-0.4, -0.2) is 83.7 Å². The number of rotatable bonds is 5. The van der Waals surface area contributed by atoms with Gasteiger partial charge in [0.25, 0.3) is 0 Å². The molecule has 2 bridgehead atoms. The first-order chi connectivity index (χ1) is 18.9. The number of piperazine rings is 1. The molecule has 0 radical (unpaired) electrons. The third-order valence-corrected chi connectivity index (χ3v) is 8.61. The first kappa shape index (κ1) is 24.7. The maximum Gasteiger partial charge on any atom is 0.319 e. The molecule has 3 saturated heterocycles. The second-order valence-electron chi connectivity index (χ2n) is 10.9. The summed E-state index contributed by atoms with van der Waals surface area (Å²) in [7, 11) is 2.08. The molecule has 4 aliphatic heterocycles. The molecule has 39 heavy (non-hydrogen) atoms. The average molecular weight is 553 g/mol. The van der Waals surface area contributed by atoms with Crippen molar-refractivity contribution < 1.29 is 13.9 Å². The number of aromatic nitrogens is 3. The fourth-order valence-corrected chi connectivity index (χ4v) is 6.60. The highest BCUT2D eigenvalue weighted by molar-refractivity contribution is 6.34. The van der Waals surface area contributed by atoms with Crippen LogP contribution in [0.15, 0.2) is 24.4 Å². The number of amides is 1. The number of carbonyl (C=O) groups excluding carboxylic acids is 1. The zero-order chi connectivity index (χ0) is 26.7.